The highest BCUT2D eigenvalue weighted by Crippen LogP contribution is 2.38. The number of ether oxygens (including phenoxy) is 3. The molecule has 1 aromatic carbocycles. The van der Waals surface area contributed by atoms with Crippen LogP contribution in [0.5, 0.6) is 11.5 Å². The third-order valence-corrected chi connectivity index (χ3v) is 6.55. The lowest BCUT2D eigenvalue weighted by Gasteiger charge is -2.19. The van der Waals surface area contributed by atoms with Crippen molar-refractivity contribution >= 4 is 27.6 Å². The number of para-hydroxylation sites is 1. The van der Waals surface area contributed by atoms with E-state index in [1.807, 2.05) is 0 Å². The van der Waals surface area contributed by atoms with E-state index in [1.54, 1.807) is 22.8 Å². The molecule has 1 aliphatic rings. The number of nitrogens with zero attached hydrogens (tertiary/aromatic N) is 5. The molecule has 1 N–H and O–H groups in total. The fourth-order valence-corrected chi connectivity index (χ4v) is 4.58. The van der Waals surface area contributed by atoms with Crippen LogP contribution in [0.15, 0.2) is 30.6 Å². The SMILES string of the molecule is COc1cccc(OC)c1-n1c(NS(=O)(=O)CCc2ncc(Cl)cn2)nnc1[C@@H]1CCOC1. The van der Waals surface area contributed by atoms with Crippen molar-refractivity contribution in [3.05, 3.63) is 47.3 Å². The molecular formula is C20H23ClN6O5S. The van der Waals surface area contributed by atoms with E-state index in [2.05, 4.69) is 24.9 Å². The average Bonchev–Trinajstić information content (AvgIpc) is 3.48. The second-order valence-electron chi connectivity index (χ2n) is 7.28. The largest absolute Gasteiger partial charge is 0.494 e. The average molecular weight is 495 g/mol. The zero-order valence-corrected chi connectivity index (χ0v) is 19.6. The summed E-state index contributed by atoms with van der Waals surface area (Å²) in [5.41, 5.74) is 0.494. The number of benzene rings is 1. The first-order valence-electron chi connectivity index (χ1n) is 10.1. The van der Waals surface area contributed by atoms with Gasteiger partial charge in [0, 0.05) is 31.3 Å². The van der Waals surface area contributed by atoms with E-state index in [0.717, 1.165) is 6.42 Å². The number of hydrogen-bond acceptors (Lipinski definition) is 9. The number of anilines is 1. The number of hydrogen-bond donors (Lipinski definition) is 1. The minimum atomic E-state index is -3.82. The molecule has 2 aromatic heterocycles. The highest BCUT2D eigenvalue weighted by Gasteiger charge is 2.30. The zero-order chi connectivity index (χ0) is 23.4. The van der Waals surface area contributed by atoms with Crippen LogP contribution in [0.1, 0.15) is 24.0 Å². The molecule has 3 aromatic rings. The normalized spacial score (nSPS) is 16.0. The molecule has 1 atom stereocenters. The van der Waals surface area contributed by atoms with E-state index in [9.17, 15) is 8.42 Å². The van der Waals surface area contributed by atoms with Crippen molar-refractivity contribution in [3.8, 4) is 17.2 Å². The van der Waals surface area contributed by atoms with Gasteiger partial charge in [-0.05, 0) is 18.6 Å². The van der Waals surface area contributed by atoms with Gasteiger partial charge in [0.15, 0.2) is 0 Å². The maximum atomic E-state index is 12.9. The molecule has 13 heteroatoms. The molecule has 1 saturated heterocycles. The summed E-state index contributed by atoms with van der Waals surface area (Å²) >= 11 is 5.79. The Hall–Kier alpha value is -2.96. The van der Waals surface area contributed by atoms with Crippen LogP contribution in [-0.4, -0.2) is 66.3 Å². The monoisotopic (exact) mass is 494 g/mol. The molecule has 1 fully saturated rings. The third kappa shape index (κ3) is 5.18. The molecule has 33 heavy (non-hydrogen) atoms. The lowest BCUT2D eigenvalue weighted by Crippen LogP contribution is -2.22. The van der Waals surface area contributed by atoms with Gasteiger partial charge in [0.2, 0.25) is 16.0 Å². The summed E-state index contributed by atoms with van der Waals surface area (Å²) in [6.45, 7) is 1.04. The minimum Gasteiger partial charge on any atom is -0.494 e. The van der Waals surface area contributed by atoms with Crippen LogP contribution >= 0.6 is 11.6 Å². The van der Waals surface area contributed by atoms with E-state index >= 15 is 0 Å². The van der Waals surface area contributed by atoms with Crippen molar-refractivity contribution in [2.75, 3.05) is 37.9 Å². The van der Waals surface area contributed by atoms with Crippen molar-refractivity contribution in [3.63, 3.8) is 0 Å². The van der Waals surface area contributed by atoms with E-state index in [4.69, 9.17) is 25.8 Å². The topological polar surface area (TPSA) is 130 Å². The van der Waals surface area contributed by atoms with Gasteiger partial charge in [0.05, 0.1) is 31.6 Å². The van der Waals surface area contributed by atoms with Gasteiger partial charge in [0.1, 0.15) is 28.8 Å². The molecule has 0 amide bonds. The highest BCUT2D eigenvalue weighted by atomic mass is 35.5. The van der Waals surface area contributed by atoms with Crippen LogP contribution in [0.3, 0.4) is 0 Å². The summed E-state index contributed by atoms with van der Waals surface area (Å²) in [5, 5.41) is 8.82. The first-order chi connectivity index (χ1) is 15.9. The number of nitrogens with one attached hydrogen (secondary N) is 1. The maximum absolute atomic E-state index is 12.9. The summed E-state index contributed by atoms with van der Waals surface area (Å²) < 4.78 is 46.6. The molecule has 0 unspecified atom stereocenters. The molecule has 176 valence electrons. The van der Waals surface area contributed by atoms with Gasteiger partial charge in [-0.1, -0.05) is 17.7 Å². The molecule has 11 nitrogen and oxygen atoms in total. The number of sulfonamides is 1. The fourth-order valence-electron chi connectivity index (χ4n) is 3.52. The van der Waals surface area contributed by atoms with Gasteiger partial charge < -0.3 is 14.2 Å². The van der Waals surface area contributed by atoms with Crippen LogP contribution in [0.4, 0.5) is 5.95 Å². The van der Waals surface area contributed by atoms with Gasteiger partial charge in [-0.15, -0.1) is 10.2 Å². The van der Waals surface area contributed by atoms with Crippen LogP contribution in [0, 0.1) is 0 Å². The molecule has 0 radical (unpaired) electrons. The number of methoxy groups -OCH3 is 2. The predicted molar refractivity (Wildman–Crippen MR) is 121 cm³/mol. The molecule has 0 bridgehead atoms. The fraction of sp³-hybridized carbons (Fsp3) is 0.400. The molecular weight excluding hydrogens is 472 g/mol. The van der Waals surface area contributed by atoms with Crippen LogP contribution in [0.2, 0.25) is 5.02 Å². The van der Waals surface area contributed by atoms with Crippen LogP contribution in [-0.2, 0) is 21.2 Å². The Kier molecular flexibility index (Phi) is 6.96. The van der Waals surface area contributed by atoms with Crippen LogP contribution in [0.25, 0.3) is 5.69 Å². The van der Waals surface area contributed by atoms with Crippen molar-refractivity contribution in [1.82, 2.24) is 24.7 Å². The van der Waals surface area contributed by atoms with E-state index < -0.39 is 10.0 Å². The van der Waals surface area contributed by atoms with Crippen molar-refractivity contribution in [1.29, 1.82) is 0 Å². The summed E-state index contributed by atoms with van der Waals surface area (Å²) in [6.07, 6.45) is 3.67. The summed E-state index contributed by atoms with van der Waals surface area (Å²) in [4.78, 5) is 8.08. The van der Waals surface area contributed by atoms with Gasteiger partial charge in [-0.25, -0.2) is 18.4 Å². The summed E-state index contributed by atoms with van der Waals surface area (Å²) in [7, 11) is -0.772. The number of aromatic nitrogens is 5. The molecule has 0 spiro atoms. The lowest BCUT2D eigenvalue weighted by molar-refractivity contribution is 0.193. The van der Waals surface area contributed by atoms with Gasteiger partial charge >= 0.3 is 0 Å². The number of halogens is 1. The predicted octanol–water partition coefficient (Wildman–Crippen LogP) is 2.22. The maximum Gasteiger partial charge on any atom is 0.243 e. The first kappa shape index (κ1) is 23.2. The first-order valence-corrected chi connectivity index (χ1v) is 12.2. The number of rotatable bonds is 9. The molecule has 3 heterocycles. The summed E-state index contributed by atoms with van der Waals surface area (Å²) in [6, 6.07) is 5.28. The Morgan fingerprint density at radius 1 is 1.18 bits per heavy atom. The molecule has 4 rings (SSSR count). The summed E-state index contributed by atoms with van der Waals surface area (Å²) in [5.74, 6) is 1.57. The highest BCUT2D eigenvalue weighted by molar-refractivity contribution is 7.92. The molecule has 1 aliphatic heterocycles. The molecule has 0 saturated carbocycles. The van der Waals surface area contributed by atoms with Gasteiger partial charge in [0.25, 0.3) is 0 Å². The standard InChI is InChI=1S/C20H23ClN6O5S/c1-30-15-4-3-5-16(31-2)18(15)27-19(13-6-8-32-12-13)24-25-20(27)26-33(28,29)9-7-17-22-10-14(21)11-23-17/h3-5,10-11,13H,6-9,12H2,1-2H3,(H,25,26)/t13-/m1/s1. The van der Waals surface area contributed by atoms with Crippen molar-refractivity contribution < 1.29 is 22.6 Å². The Bertz CT molecular complexity index is 1190. The van der Waals surface area contributed by atoms with Crippen LogP contribution < -0.4 is 14.2 Å². The Balaban J connectivity index is 1.70. The lowest BCUT2D eigenvalue weighted by atomic mass is 10.1. The van der Waals surface area contributed by atoms with Gasteiger partial charge in [-0.3, -0.25) is 9.29 Å². The van der Waals surface area contributed by atoms with E-state index in [-0.39, 0.29) is 24.0 Å². The third-order valence-electron chi connectivity index (χ3n) is 5.12. The minimum absolute atomic E-state index is 0.0247. The smallest absolute Gasteiger partial charge is 0.243 e. The molecule has 0 aliphatic carbocycles. The van der Waals surface area contributed by atoms with Crippen molar-refractivity contribution in [2.24, 2.45) is 0 Å². The second kappa shape index (κ2) is 9.89. The zero-order valence-electron chi connectivity index (χ0n) is 18.1. The van der Waals surface area contributed by atoms with Crippen molar-refractivity contribution in [2.45, 2.75) is 18.8 Å². The van der Waals surface area contributed by atoms with E-state index in [1.165, 1.54) is 26.6 Å². The number of aryl methyl sites for hydroxylation is 1. The van der Waals surface area contributed by atoms with Gasteiger partial charge in [-0.2, -0.15) is 0 Å². The quantitative estimate of drug-likeness (QED) is 0.475. The Morgan fingerprint density at radius 3 is 2.48 bits per heavy atom. The Morgan fingerprint density at radius 2 is 1.88 bits per heavy atom. The Labute approximate surface area is 196 Å². The second-order valence-corrected chi connectivity index (χ2v) is 9.56. The van der Waals surface area contributed by atoms with E-state index in [0.29, 0.717) is 47.1 Å².